The third-order valence-electron chi connectivity index (χ3n) is 4.47. The van der Waals surface area contributed by atoms with Crippen LogP contribution in [-0.2, 0) is 9.31 Å². The second-order valence-corrected chi connectivity index (χ2v) is 6.46. The maximum Gasteiger partial charge on any atom is 0.498 e. The Labute approximate surface area is 132 Å². The molecule has 122 valence electrons. The summed E-state index contributed by atoms with van der Waals surface area (Å²) in [6, 6.07) is 1.62. The van der Waals surface area contributed by atoms with Crippen LogP contribution in [0.4, 0.5) is 4.39 Å². The number of benzene rings is 1. The Morgan fingerprint density at radius 2 is 1.73 bits per heavy atom. The lowest BCUT2D eigenvalue weighted by Crippen LogP contribution is -2.41. The van der Waals surface area contributed by atoms with Gasteiger partial charge in [0.15, 0.2) is 11.6 Å². The van der Waals surface area contributed by atoms with E-state index in [-0.39, 0.29) is 5.75 Å². The second-order valence-electron chi connectivity index (χ2n) is 6.46. The Hall–Kier alpha value is -1.27. The quantitative estimate of drug-likeness (QED) is 0.801. The molecule has 1 fully saturated rings. The maximum atomic E-state index is 14.9. The second kappa shape index (κ2) is 5.74. The van der Waals surface area contributed by atoms with Crippen molar-refractivity contribution >= 4 is 12.6 Å². The summed E-state index contributed by atoms with van der Waals surface area (Å²) in [6.45, 7) is 11.7. The first-order chi connectivity index (χ1) is 10.1. The minimum absolute atomic E-state index is 0.187. The molecule has 4 nitrogen and oxygen atoms in total. The van der Waals surface area contributed by atoms with Crippen LogP contribution in [0, 0.1) is 12.7 Å². The minimum Gasteiger partial charge on any atom is -0.496 e. The molecule has 0 aromatic heterocycles. The van der Waals surface area contributed by atoms with E-state index >= 15 is 0 Å². The Bertz CT molecular complexity index is 556. The third-order valence-corrected chi connectivity index (χ3v) is 4.47. The van der Waals surface area contributed by atoms with E-state index < -0.39 is 24.1 Å². The molecule has 1 aliphatic heterocycles. The van der Waals surface area contributed by atoms with Gasteiger partial charge < -0.3 is 18.8 Å². The smallest absolute Gasteiger partial charge is 0.496 e. The molecule has 1 heterocycles. The average molecular weight is 310 g/mol. The Morgan fingerprint density at radius 1 is 1.18 bits per heavy atom. The van der Waals surface area contributed by atoms with E-state index in [4.69, 9.17) is 18.8 Å². The van der Waals surface area contributed by atoms with Crippen molar-refractivity contribution < 1.29 is 23.2 Å². The van der Waals surface area contributed by atoms with E-state index in [9.17, 15) is 4.39 Å². The van der Waals surface area contributed by atoms with Gasteiger partial charge in [0.1, 0.15) is 5.75 Å². The molecule has 0 atom stereocenters. The van der Waals surface area contributed by atoms with Crippen molar-refractivity contribution in [2.75, 3.05) is 13.7 Å². The summed E-state index contributed by atoms with van der Waals surface area (Å²) in [5.41, 5.74) is -0.145. The molecule has 1 aliphatic rings. The molecule has 1 aromatic rings. The number of ether oxygens (including phenoxy) is 2. The van der Waals surface area contributed by atoms with E-state index in [1.165, 1.54) is 0 Å². The summed E-state index contributed by atoms with van der Waals surface area (Å²) in [5, 5.41) is 0. The van der Waals surface area contributed by atoms with Crippen molar-refractivity contribution in [2.24, 2.45) is 0 Å². The first-order valence-electron chi connectivity index (χ1n) is 7.50. The van der Waals surface area contributed by atoms with E-state index in [1.54, 1.807) is 20.1 Å². The molecule has 0 spiro atoms. The number of halogens is 1. The third kappa shape index (κ3) is 2.70. The van der Waals surface area contributed by atoms with Gasteiger partial charge >= 0.3 is 7.12 Å². The van der Waals surface area contributed by atoms with Gasteiger partial charge in [0, 0.05) is 11.0 Å². The molecule has 0 aliphatic carbocycles. The molecule has 2 rings (SSSR count). The zero-order chi connectivity index (χ0) is 16.7. The fourth-order valence-corrected chi connectivity index (χ4v) is 2.39. The molecule has 22 heavy (non-hydrogen) atoms. The fraction of sp³-hybridized carbons (Fsp3) is 0.625. The molecule has 0 amide bonds. The van der Waals surface area contributed by atoms with E-state index in [1.807, 2.05) is 34.6 Å². The highest BCUT2D eigenvalue weighted by Gasteiger charge is 2.52. The highest BCUT2D eigenvalue weighted by Crippen LogP contribution is 2.38. The Kier molecular flexibility index (Phi) is 4.46. The normalized spacial score (nSPS) is 19.4. The summed E-state index contributed by atoms with van der Waals surface area (Å²) in [6.07, 6.45) is 0. The molecular weight excluding hydrogens is 286 g/mol. The van der Waals surface area contributed by atoms with Crippen LogP contribution >= 0.6 is 0 Å². The van der Waals surface area contributed by atoms with Crippen molar-refractivity contribution in [2.45, 2.75) is 52.7 Å². The van der Waals surface area contributed by atoms with E-state index in [0.717, 1.165) is 0 Å². The summed E-state index contributed by atoms with van der Waals surface area (Å²) < 4.78 is 37.5. The van der Waals surface area contributed by atoms with Gasteiger partial charge in [-0.2, -0.15) is 0 Å². The van der Waals surface area contributed by atoms with Gasteiger partial charge in [0.25, 0.3) is 0 Å². The lowest BCUT2D eigenvalue weighted by molar-refractivity contribution is 0.00578. The summed E-state index contributed by atoms with van der Waals surface area (Å²) >= 11 is 0. The van der Waals surface area contributed by atoms with Crippen LogP contribution in [-0.4, -0.2) is 32.0 Å². The van der Waals surface area contributed by atoms with Crippen LogP contribution in [0.5, 0.6) is 11.5 Å². The van der Waals surface area contributed by atoms with Crippen molar-refractivity contribution in [1.82, 2.24) is 0 Å². The van der Waals surface area contributed by atoms with Gasteiger partial charge in [0.2, 0.25) is 0 Å². The summed E-state index contributed by atoms with van der Waals surface area (Å²) in [7, 11) is 0.753. The van der Waals surface area contributed by atoms with Crippen LogP contribution in [0.2, 0.25) is 0 Å². The van der Waals surface area contributed by atoms with Gasteiger partial charge in [-0.05, 0) is 47.6 Å². The molecule has 1 saturated heterocycles. The van der Waals surface area contributed by atoms with Crippen LogP contribution in [0.1, 0.15) is 40.2 Å². The topological polar surface area (TPSA) is 36.9 Å². The molecular formula is C16H24BFO4. The number of methoxy groups -OCH3 is 1. The van der Waals surface area contributed by atoms with Crippen molar-refractivity contribution in [3.8, 4) is 11.5 Å². The first-order valence-corrected chi connectivity index (χ1v) is 7.50. The van der Waals surface area contributed by atoms with E-state index in [0.29, 0.717) is 23.4 Å². The lowest BCUT2D eigenvalue weighted by atomic mass is 9.77. The van der Waals surface area contributed by atoms with Crippen molar-refractivity contribution in [3.05, 3.63) is 17.4 Å². The highest BCUT2D eigenvalue weighted by atomic mass is 19.1. The predicted octanol–water partition coefficient (Wildman–Crippen LogP) is 2.84. The zero-order valence-corrected chi connectivity index (χ0v) is 14.4. The fourth-order valence-electron chi connectivity index (χ4n) is 2.39. The maximum absolute atomic E-state index is 14.9. The van der Waals surface area contributed by atoms with Crippen molar-refractivity contribution in [1.29, 1.82) is 0 Å². The zero-order valence-electron chi connectivity index (χ0n) is 14.4. The largest absolute Gasteiger partial charge is 0.498 e. The molecule has 0 bridgehead atoms. The lowest BCUT2D eigenvalue weighted by Gasteiger charge is -2.32. The average Bonchev–Trinajstić information content (AvgIpc) is 2.63. The number of hydrogen-bond donors (Lipinski definition) is 0. The van der Waals surface area contributed by atoms with Crippen LogP contribution in [0.25, 0.3) is 0 Å². The van der Waals surface area contributed by atoms with Crippen LogP contribution in [0.15, 0.2) is 6.07 Å². The SMILES string of the molecule is CCOc1c(C)c(OC)cc(B2OC(C)(C)C(C)(C)O2)c1F. The van der Waals surface area contributed by atoms with E-state index in [2.05, 4.69) is 0 Å². The predicted molar refractivity (Wildman–Crippen MR) is 84.6 cm³/mol. The summed E-state index contributed by atoms with van der Waals surface area (Å²) in [4.78, 5) is 0. The molecule has 0 unspecified atom stereocenters. The minimum atomic E-state index is -0.793. The highest BCUT2D eigenvalue weighted by molar-refractivity contribution is 6.62. The van der Waals surface area contributed by atoms with Crippen LogP contribution < -0.4 is 14.9 Å². The van der Waals surface area contributed by atoms with Gasteiger partial charge in [-0.1, -0.05) is 0 Å². The van der Waals surface area contributed by atoms with Gasteiger partial charge in [-0.3, -0.25) is 0 Å². The Morgan fingerprint density at radius 3 is 2.18 bits per heavy atom. The monoisotopic (exact) mass is 310 g/mol. The van der Waals surface area contributed by atoms with Gasteiger partial charge in [-0.25, -0.2) is 4.39 Å². The van der Waals surface area contributed by atoms with Crippen LogP contribution in [0.3, 0.4) is 0 Å². The van der Waals surface area contributed by atoms with Gasteiger partial charge in [0.05, 0.1) is 24.9 Å². The molecule has 0 radical (unpaired) electrons. The van der Waals surface area contributed by atoms with Gasteiger partial charge in [-0.15, -0.1) is 0 Å². The standard InChI is InChI=1S/C16H24BFO4/c1-8-20-14-10(2)12(19-7)9-11(13(14)18)17-21-15(3,4)16(5,6)22-17/h9H,8H2,1-7H3. The molecule has 0 saturated carbocycles. The molecule has 6 heteroatoms. The summed E-state index contributed by atoms with van der Waals surface area (Å²) in [5.74, 6) is 0.278. The number of rotatable bonds is 4. The van der Waals surface area contributed by atoms with Crippen molar-refractivity contribution in [3.63, 3.8) is 0 Å². The Balaban J connectivity index is 2.50. The molecule has 0 N–H and O–H groups in total. The first kappa shape index (κ1) is 17.1. The molecule has 1 aromatic carbocycles. The number of hydrogen-bond acceptors (Lipinski definition) is 4.